The molecule has 1 amide bonds. The van der Waals surface area contributed by atoms with E-state index in [9.17, 15) is 9.59 Å². The van der Waals surface area contributed by atoms with E-state index in [1.807, 2.05) is 0 Å². The van der Waals surface area contributed by atoms with Gasteiger partial charge in [-0.2, -0.15) is 0 Å². The van der Waals surface area contributed by atoms with E-state index >= 15 is 0 Å². The van der Waals surface area contributed by atoms with Crippen LogP contribution in [0.25, 0.3) is 5.65 Å². The van der Waals surface area contributed by atoms with Gasteiger partial charge in [-0.3, -0.25) is 9.59 Å². The summed E-state index contributed by atoms with van der Waals surface area (Å²) in [6.45, 7) is 3.55. The van der Waals surface area contributed by atoms with Crippen LogP contribution in [0, 0.1) is 0 Å². The number of carboxylic acids is 1. The summed E-state index contributed by atoms with van der Waals surface area (Å²) in [6, 6.07) is 0. The molecular formula is C13H16N4O3. The molecule has 20 heavy (non-hydrogen) atoms. The van der Waals surface area contributed by atoms with Crippen molar-refractivity contribution in [1.29, 1.82) is 0 Å². The average molecular weight is 276 g/mol. The summed E-state index contributed by atoms with van der Waals surface area (Å²) in [5.41, 5.74) is 0.0660. The number of nitrogens with one attached hydrogen (secondary N) is 1. The van der Waals surface area contributed by atoms with Crippen molar-refractivity contribution in [2.24, 2.45) is 0 Å². The Bertz CT molecular complexity index is 648. The van der Waals surface area contributed by atoms with Crippen molar-refractivity contribution in [2.75, 3.05) is 0 Å². The standard InChI is InChI=1S/C13H16N4O3/c1-13(2,4-3-9(18)19)16-12(20)10-11-15-6-8-17(11)7-5-14-10/h5-8H,3-4H2,1-2H3,(H,16,20)(H,18,19). The maximum atomic E-state index is 12.2. The number of amides is 1. The molecule has 7 heteroatoms. The molecule has 0 spiro atoms. The monoisotopic (exact) mass is 276 g/mol. The van der Waals surface area contributed by atoms with Gasteiger partial charge in [0.1, 0.15) is 0 Å². The van der Waals surface area contributed by atoms with Gasteiger partial charge in [-0.1, -0.05) is 0 Å². The Morgan fingerprint density at radius 3 is 2.60 bits per heavy atom. The Hall–Kier alpha value is -2.44. The largest absolute Gasteiger partial charge is 0.481 e. The van der Waals surface area contributed by atoms with Gasteiger partial charge in [-0.25, -0.2) is 9.97 Å². The normalized spacial score (nSPS) is 11.5. The minimum Gasteiger partial charge on any atom is -0.481 e. The number of rotatable bonds is 5. The predicted octanol–water partition coefficient (Wildman–Crippen LogP) is 1.10. The van der Waals surface area contributed by atoms with Gasteiger partial charge in [-0.15, -0.1) is 0 Å². The van der Waals surface area contributed by atoms with Crippen molar-refractivity contribution in [3.05, 3.63) is 30.5 Å². The van der Waals surface area contributed by atoms with Crippen LogP contribution in [-0.4, -0.2) is 36.9 Å². The lowest BCUT2D eigenvalue weighted by atomic mass is 9.98. The first-order valence-electron chi connectivity index (χ1n) is 6.21. The summed E-state index contributed by atoms with van der Waals surface area (Å²) >= 11 is 0. The fourth-order valence-corrected chi connectivity index (χ4v) is 1.86. The molecule has 2 aromatic heterocycles. The first-order valence-corrected chi connectivity index (χ1v) is 6.21. The number of carbonyl (C=O) groups excluding carboxylic acids is 1. The van der Waals surface area contributed by atoms with Crippen LogP contribution in [0.15, 0.2) is 24.8 Å². The molecule has 0 radical (unpaired) electrons. The van der Waals surface area contributed by atoms with Crippen LogP contribution in [0.3, 0.4) is 0 Å². The van der Waals surface area contributed by atoms with Gasteiger partial charge >= 0.3 is 5.97 Å². The zero-order chi connectivity index (χ0) is 14.8. The highest BCUT2D eigenvalue weighted by Crippen LogP contribution is 2.13. The van der Waals surface area contributed by atoms with Crippen molar-refractivity contribution in [1.82, 2.24) is 19.7 Å². The topological polar surface area (TPSA) is 96.6 Å². The first-order chi connectivity index (χ1) is 9.39. The molecule has 7 nitrogen and oxygen atoms in total. The number of imidazole rings is 1. The van der Waals surface area contributed by atoms with Crippen LogP contribution in [0.2, 0.25) is 0 Å². The summed E-state index contributed by atoms with van der Waals surface area (Å²) < 4.78 is 1.70. The third kappa shape index (κ3) is 3.11. The van der Waals surface area contributed by atoms with E-state index in [0.717, 1.165) is 0 Å². The van der Waals surface area contributed by atoms with Crippen LogP contribution in [0.1, 0.15) is 37.2 Å². The van der Waals surface area contributed by atoms with Gasteiger partial charge in [0.2, 0.25) is 0 Å². The third-order valence-electron chi connectivity index (χ3n) is 2.94. The Labute approximate surface area is 115 Å². The molecule has 0 saturated heterocycles. The molecule has 106 valence electrons. The van der Waals surface area contributed by atoms with Crippen molar-refractivity contribution >= 4 is 17.5 Å². The van der Waals surface area contributed by atoms with Crippen LogP contribution in [0.5, 0.6) is 0 Å². The number of carbonyl (C=O) groups is 2. The zero-order valence-corrected chi connectivity index (χ0v) is 11.3. The molecular weight excluding hydrogens is 260 g/mol. The fourth-order valence-electron chi connectivity index (χ4n) is 1.86. The molecule has 0 aliphatic heterocycles. The number of aromatic nitrogens is 3. The maximum absolute atomic E-state index is 12.2. The van der Waals surface area contributed by atoms with E-state index < -0.39 is 11.5 Å². The molecule has 2 rings (SSSR count). The lowest BCUT2D eigenvalue weighted by molar-refractivity contribution is -0.137. The molecule has 0 aliphatic carbocycles. The summed E-state index contributed by atoms with van der Waals surface area (Å²) in [4.78, 5) is 31.0. The molecule has 2 heterocycles. The molecule has 2 aromatic rings. The second-order valence-corrected chi connectivity index (χ2v) is 5.17. The lowest BCUT2D eigenvalue weighted by Crippen LogP contribution is -2.44. The third-order valence-corrected chi connectivity index (χ3v) is 2.94. The molecule has 0 bridgehead atoms. The molecule has 0 unspecified atom stereocenters. The number of hydrogen-bond donors (Lipinski definition) is 2. The van der Waals surface area contributed by atoms with Gasteiger partial charge in [0.15, 0.2) is 11.3 Å². The smallest absolute Gasteiger partial charge is 0.303 e. The second-order valence-electron chi connectivity index (χ2n) is 5.17. The van der Waals surface area contributed by atoms with E-state index in [-0.39, 0.29) is 18.0 Å². The minimum atomic E-state index is -0.888. The van der Waals surface area contributed by atoms with Gasteiger partial charge in [0.25, 0.3) is 5.91 Å². The Morgan fingerprint density at radius 2 is 1.95 bits per heavy atom. The summed E-state index contributed by atoms with van der Waals surface area (Å²) in [6.07, 6.45) is 6.87. The van der Waals surface area contributed by atoms with E-state index in [1.54, 1.807) is 36.8 Å². The number of nitrogens with zero attached hydrogens (tertiary/aromatic N) is 3. The van der Waals surface area contributed by atoms with E-state index in [1.165, 1.54) is 6.20 Å². The van der Waals surface area contributed by atoms with Crippen LogP contribution in [0.4, 0.5) is 0 Å². The first kappa shape index (κ1) is 14.0. The highest BCUT2D eigenvalue weighted by Gasteiger charge is 2.24. The molecule has 2 N–H and O–H groups in total. The Balaban J connectivity index is 2.15. The minimum absolute atomic E-state index is 0.00567. The number of carboxylic acid groups (broad SMARTS) is 1. The van der Waals surface area contributed by atoms with Gasteiger partial charge in [0, 0.05) is 36.7 Å². The Kier molecular flexibility index (Phi) is 3.69. The predicted molar refractivity (Wildman–Crippen MR) is 71.4 cm³/mol. The fraction of sp³-hybridized carbons (Fsp3) is 0.385. The number of aliphatic carboxylic acids is 1. The second kappa shape index (κ2) is 5.28. The lowest BCUT2D eigenvalue weighted by Gasteiger charge is -2.25. The zero-order valence-electron chi connectivity index (χ0n) is 11.3. The Morgan fingerprint density at radius 1 is 1.30 bits per heavy atom. The summed E-state index contributed by atoms with van der Waals surface area (Å²) in [5, 5.41) is 11.5. The van der Waals surface area contributed by atoms with Gasteiger partial charge < -0.3 is 14.8 Å². The van der Waals surface area contributed by atoms with Crippen molar-refractivity contribution in [3.8, 4) is 0 Å². The van der Waals surface area contributed by atoms with E-state index in [4.69, 9.17) is 5.11 Å². The quantitative estimate of drug-likeness (QED) is 0.852. The van der Waals surface area contributed by atoms with Crippen LogP contribution < -0.4 is 5.32 Å². The molecule has 0 atom stereocenters. The summed E-state index contributed by atoms with van der Waals surface area (Å²) in [7, 11) is 0. The molecule has 0 saturated carbocycles. The highest BCUT2D eigenvalue weighted by atomic mass is 16.4. The van der Waals surface area contributed by atoms with Crippen molar-refractivity contribution < 1.29 is 14.7 Å². The summed E-state index contributed by atoms with van der Waals surface area (Å²) in [5.74, 6) is -1.25. The van der Waals surface area contributed by atoms with Gasteiger partial charge in [-0.05, 0) is 20.3 Å². The van der Waals surface area contributed by atoms with E-state index in [0.29, 0.717) is 12.1 Å². The van der Waals surface area contributed by atoms with Crippen molar-refractivity contribution in [3.63, 3.8) is 0 Å². The molecule has 0 aromatic carbocycles. The molecule has 0 fully saturated rings. The SMILES string of the molecule is CC(C)(CCC(=O)O)NC(=O)c1nccn2ccnc12. The number of hydrogen-bond acceptors (Lipinski definition) is 4. The highest BCUT2D eigenvalue weighted by molar-refractivity contribution is 5.98. The number of fused-ring (bicyclic) bond motifs is 1. The van der Waals surface area contributed by atoms with Crippen LogP contribution in [-0.2, 0) is 4.79 Å². The van der Waals surface area contributed by atoms with Gasteiger partial charge in [0.05, 0.1) is 0 Å². The molecule has 0 aliphatic rings. The maximum Gasteiger partial charge on any atom is 0.303 e. The van der Waals surface area contributed by atoms with Crippen LogP contribution >= 0.6 is 0 Å². The van der Waals surface area contributed by atoms with Crippen molar-refractivity contribution in [2.45, 2.75) is 32.2 Å². The average Bonchev–Trinajstić information content (AvgIpc) is 2.83. The van der Waals surface area contributed by atoms with E-state index in [2.05, 4.69) is 15.3 Å².